The van der Waals surface area contributed by atoms with Crippen molar-refractivity contribution >= 4 is 17.9 Å². The zero-order valence-electron chi connectivity index (χ0n) is 14.0. The number of hydrogen-bond donors (Lipinski definition) is 0. The summed E-state index contributed by atoms with van der Waals surface area (Å²) in [6.45, 7) is 2.31. The SMILES string of the molecule is CCCC[PH](C1=CC=CCC1)(c1ccccc1)c1ccccc1. The van der Waals surface area contributed by atoms with Gasteiger partial charge in [-0.1, -0.05) is 0 Å². The first-order valence-electron chi connectivity index (χ1n) is 8.85. The Labute approximate surface area is 141 Å². The Bertz CT molecular complexity index is 628. The van der Waals surface area contributed by atoms with Gasteiger partial charge in [-0.2, -0.15) is 0 Å². The van der Waals surface area contributed by atoms with Crippen LogP contribution >= 0.6 is 7.26 Å². The molecule has 2 aromatic carbocycles. The quantitative estimate of drug-likeness (QED) is 0.623. The zero-order chi connectivity index (χ0) is 16.0. The zero-order valence-corrected chi connectivity index (χ0v) is 15.0. The maximum atomic E-state index is 2.42. The van der Waals surface area contributed by atoms with Gasteiger partial charge in [0, 0.05) is 0 Å². The van der Waals surface area contributed by atoms with Crippen molar-refractivity contribution < 1.29 is 0 Å². The molecule has 0 N–H and O–H groups in total. The monoisotopic (exact) mass is 322 g/mol. The summed E-state index contributed by atoms with van der Waals surface area (Å²) in [4.78, 5) is 0. The summed E-state index contributed by atoms with van der Waals surface area (Å²) in [5.41, 5.74) is 0. The van der Waals surface area contributed by atoms with E-state index in [1.807, 2.05) is 0 Å². The molecule has 0 unspecified atom stereocenters. The third kappa shape index (κ3) is 3.33. The first-order chi connectivity index (χ1) is 11.4. The fourth-order valence-corrected chi connectivity index (χ4v) is 9.16. The molecule has 0 aromatic heterocycles. The second-order valence-corrected chi connectivity index (χ2v) is 10.5. The molecule has 1 heteroatoms. The van der Waals surface area contributed by atoms with Crippen molar-refractivity contribution in [1.82, 2.24) is 0 Å². The number of unbranched alkanes of at least 4 members (excludes halogenated alkanes) is 1. The maximum absolute atomic E-state index is 2.42. The van der Waals surface area contributed by atoms with Gasteiger partial charge in [-0.25, -0.2) is 0 Å². The van der Waals surface area contributed by atoms with E-state index in [2.05, 4.69) is 85.8 Å². The van der Waals surface area contributed by atoms with Crippen molar-refractivity contribution in [2.75, 3.05) is 6.16 Å². The Morgan fingerprint density at radius 1 is 0.870 bits per heavy atom. The van der Waals surface area contributed by atoms with Crippen LogP contribution in [0.5, 0.6) is 0 Å². The van der Waals surface area contributed by atoms with E-state index in [-0.39, 0.29) is 0 Å². The standard InChI is InChI=1S/C22H27P/c1-2-3-19-23(20-13-7-4-8-14-20,21-15-9-5-10-16-21)22-17-11-6-12-18-22/h4-11,13-17,23H,2-3,12,18-19H2,1H3. The average Bonchev–Trinajstić information content (AvgIpc) is 2.65. The van der Waals surface area contributed by atoms with E-state index in [1.54, 1.807) is 15.9 Å². The van der Waals surface area contributed by atoms with Crippen LogP contribution in [0.1, 0.15) is 32.6 Å². The molecule has 0 spiro atoms. The summed E-state index contributed by atoms with van der Waals surface area (Å²) in [5.74, 6) is 0. The van der Waals surface area contributed by atoms with Crippen LogP contribution in [0.2, 0.25) is 0 Å². The third-order valence-electron chi connectivity index (χ3n) is 5.00. The molecular formula is C22H27P. The van der Waals surface area contributed by atoms with E-state index in [0.29, 0.717) is 0 Å². The number of hydrogen-bond acceptors (Lipinski definition) is 0. The molecule has 0 radical (unpaired) electrons. The molecule has 3 rings (SSSR count). The molecule has 23 heavy (non-hydrogen) atoms. The van der Waals surface area contributed by atoms with E-state index < -0.39 is 7.26 Å². The van der Waals surface area contributed by atoms with Gasteiger partial charge in [0.15, 0.2) is 0 Å². The molecule has 1 aliphatic rings. The predicted molar refractivity (Wildman–Crippen MR) is 107 cm³/mol. The number of rotatable bonds is 6. The second-order valence-electron chi connectivity index (χ2n) is 6.40. The Kier molecular flexibility index (Phi) is 5.47. The fraction of sp³-hybridized carbons (Fsp3) is 0.273. The van der Waals surface area contributed by atoms with Crippen LogP contribution in [0.4, 0.5) is 0 Å². The molecule has 0 heterocycles. The number of benzene rings is 2. The van der Waals surface area contributed by atoms with Gasteiger partial charge in [-0.15, -0.1) is 0 Å². The van der Waals surface area contributed by atoms with E-state index in [9.17, 15) is 0 Å². The molecule has 1 aliphatic carbocycles. The normalized spacial score (nSPS) is 15.3. The molecule has 0 atom stereocenters. The van der Waals surface area contributed by atoms with E-state index in [1.165, 1.54) is 31.8 Å². The van der Waals surface area contributed by atoms with Crippen LogP contribution in [0.25, 0.3) is 0 Å². The Hall–Kier alpha value is -1.65. The van der Waals surface area contributed by atoms with Crippen LogP contribution in [-0.4, -0.2) is 6.16 Å². The van der Waals surface area contributed by atoms with Gasteiger partial charge in [0.2, 0.25) is 0 Å². The van der Waals surface area contributed by atoms with Crippen molar-refractivity contribution in [3.05, 3.63) is 84.2 Å². The molecule has 0 saturated carbocycles. The van der Waals surface area contributed by atoms with Crippen LogP contribution < -0.4 is 10.6 Å². The summed E-state index contributed by atoms with van der Waals surface area (Å²) >= 11 is 0. The molecule has 0 saturated heterocycles. The first-order valence-corrected chi connectivity index (χ1v) is 11.1. The van der Waals surface area contributed by atoms with Crippen LogP contribution in [0, 0.1) is 0 Å². The van der Waals surface area contributed by atoms with Crippen molar-refractivity contribution in [2.45, 2.75) is 32.6 Å². The molecule has 0 fully saturated rings. The third-order valence-corrected chi connectivity index (χ3v) is 10.3. The van der Waals surface area contributed by atoms with Gasteiger partial charge < -0.3 is 0 Å². The summed E-state index contributed by atoms with van der Waals surface area (Å²) in [6, 6.07) is 22.6. The Morgan fingerprint density at radius 3 is 1.96 bits per heavy atom. The summed E-state index contributed by atoms with van der Waals surface area (Å²) in [7, 11) is -1.86. The van der Waals surface area contributed by atoms with Gasteiger partial charge >= 0.3 is 141 Å². The molecule has 0 aliphatic heterocycles. The molecule has 120 valence electrons. The number of allylic oxidation sites excluding steroid dienone is 4. The van der Waals surface area contributed by atoms with Crippen LogP contribution in [0.3, 0.4) is 0 Å². The topological polar surface area (TPSA) is 0 Å². The average molecular weight is 322 g/mol. The van der Waals surface area contributed by atoms with Crippen molar-refractivity contribution in [1.29, 1.82) is 0 Å². The van der Waals surface area contributed by atoms with E-state index in [4.69, 9.17) is 0 Å². The molecule has 2 aromatic rings. The van der Waals surface area contributed by atoms with Gasteiger partial charge in [-0.05, 0) is 0 Å². The van der Waals surface area contributed by atoms with Gasteiger partial charge in [0.25, 0.3) is 0 Å². The van der Waals surface area contributed by atoms with Crippen LogP contribution in [0.15, 0.2) is 84.2 Å². The molecule has 0 amide bonds. The molecule has 0 nitrogen and oxygen atoms in total. The van der Waals surface area contributed by atoms with E-state index in [0.717, 1.165) is 0 Å². The fourth-order valence-electron chi connectivity index (χ4n) is 3.83. The summed E-state index contributed by atoms with van der Waals surface area (Å²) in [5, 5.41) is 4.84. The summed E-state index contributed by atoms with van der Waals surface area (Å²) < 4.78 is 0. The first kappa shape index (κ1) is 16.2. The molecular weight excluding hydrogens is 295 g/mol. The van der Waals surface area contributed by atoms with Gasteiger partial charge in [0.1, 0.15) is 0 Å². The van der Waals surface area contributed by atoms with Crippen molar-refractivity contribution in [2.24, 2.45) is 0 Å². The second kappa shape index (κ2) is 7.75. The van der Waals surface area contributed by atoms with Crippen molar-refractivity contribution in [3.63, 3.8) is 0 Å². The minimum absolute atomic E-state index is 1.19. The Balaban J connectivity index is 2.20. The minimum atomic E-state index is -1.86. The van der Waals surface area contributed by atoms with Crippen LogP contribution in [-0.2, 0) is 0 Å². The predicted octanol–water partition coefficient (Wildman–Crippen LogP) is 5.42. The van der Waals surface area contributed by atoms with Gasteiger partial charge in [-0.3, -0.25) is 0 Å². The summed E-state index contributed by atoms with van der Waals surface area (Å²) in [6.07, 6.45) is 13.3. The molecule has 0 bridgehead atoms. The van der Waals surface area contributed by atoms with E-state index >= 15 is 0 Å². The van der Waals surface area contributed by atoms with Crippen molar-refractivity contribution in [3.8, 4) is 0 Å². The Morgan fingerprint density at radius 2 is 1.48 bits per heavy atom. The van der Waals surface area contributed by atoms with Gasteiger partial charge in [0.05, 0.1) is 0 Å².